The molecule has 1 aromatic rings. The van der Waals surface area contributed by atoms with E-state index in [1.807, 2.05) is 0 Å². The second-order valence-corrected chi connectivity index (χ2v) is 6.03. The van der Waals surface area contributed by atoms with Crippen LogP contribution in [0, 0.1) is 0 Å². The van der Waals surface area contributed by atoms with Gasteiger partial charge in [0.1, 0.15) is 0 Å². The molecule has 2 aliphatic rings. The molecule has 0 radical (unpaired) electrons. The number of carbonyl (C=O) groups excluding carboxylic acids is 2. The van der Waals surface area contributed by atoms with E-state index in [-0.39, 0.29) is 17.9 Å². The first-order chi connectivity index (χ1) is 9.65. The topological polar surface area (TPSA) is 54.0 Å². The molecule has 0 bridgehead atoms. The molecule has 1 aliphatic carbocycles. The fourth-order valence-electron chi connectivity index (χ4n) is 3.15. The average molecular weight is 294 g/mol. The Labute approximate surface area is 123 Å². The molecule has 4 nitrogen and oxygen atoms in total. The molecular formula is C15H18ClN2O2+. The number of nitrogens with zero attached hydrogens (tertiary/aromatic N) is 1. The maximum Gasteiger partial charge on any atom is 0.292 e. The number of amides is 2. The van der Waals surface area contributed by atoms with E-state index in [1.54, 1.807) is 24.3 Å². The molecule has 1 aromatic carbocycles. The summed E-state index contributed by atoms with van der Waals surface area (Å²) in [7, 11) is 0. The van der Waals surface area contributed by atoms with Crippen molar-refractivity contribution in [3.63, 3.8) is 0 Å². The number of rotatable bonds is 3. The summed E-state index contributed by atoms with van der Waals surface area (Å²) in [6.45, 7) is 0. The first kappa shape index (κ1) is 13.6. The number of quaternary nitrogens is 1. The summed E-state index contributed by atoms with van der Waals surface area (Å²) in [5.41, 5.74) is 0.617. The van der Waals surface area contributed by atoms with Crippen molar-refractivity contribution in [1.29, 1.82) is 0 Å². The number of carbonyl (C=O) groups is 2. The normalized spacial score (nSPS) is 23.9. The molecule has 20 heavy (non-hydrogen) atoms. The lowest BCUT2D eigenvalue weighted by Gasteiger charge is -2.16. The molecule has 1 saturated carbocycles. The quantitative estimate of drug-likeness (QED) is 0.858. The van der Waals surface area contributed by atoms with Crippen LogP contribution in [0.1, 0.15) is 32.1 Å². The van der Waals surface area contributed by atoms with Gasteiger partial charge < -0.3 is 5.32 Å². The van der Waals surface area contributed by atoms with Gasteiger partial charge in [0.15, 0.2) is 6.04 Å². The number of hydrogen-bond donors (Lipinski definition) is 1. The average Bonchev–Trinajstić information content (AvgIpc) is 3.02. The highest BCUT2D eigenvalue weighted by Gasteiger charge is 2.43. The summed E-state index contributed by atoms with van der Waals surface area (Å²) in [6, 6.07) is 7.09. The lowest BCUT2D eigenvalue weighted by Crippen LogP contribution is -2.95. The van der Waals surface area contributed by atoms with Crippen molar-refractivity contribution in [2.75, 3.05) is 4.90 Å². The minimum Gasteiger partial charge on any atom is -0.333 e. The number of halogens is 1. The van der Waals surface area contributed by atoms with E-state index in [4.69, 9.17) is 11.6 Å². The predicted molar refractivity (Wildman–Crippen MR) is 76.5 cm³/mol. The zero-order chi connectivity index (χ0) is 14.1. The van der Waals surface area contributed by atoms with Crippen molar-refractivity contribution in [1.82, 2.24) is 0 Å². The van der Waals surface area contributed by atoms with Crippen LogP contribution in [0.3, 0.4) is 0 Å². The van der Waals surface area contributed by atoms with E-state index >= 15 is 0 Å². The monoisotopic (exact) mass is 293 g/mol. The Morgan fingerprint density at radius 3 is 2.40 bits per heavy atom. The zero-order valence-corrected chi connectivity index (χ0v) is 12.0. The molecule has 1 aliphatic heterocycles. The fourth-order valence-corrected chi connectivity index (χ4v) is 3.27. The molecule has 0 unspecified atom stereocenters. The van der Waals surface area contributed by atoms with Gasteiger partial charge in [-0.1, -0.05) is 11.6 Å². The standard InChI is InChI=1S/C15H17ClN2O2/c16-10-5-7-12(8-6-10)18-14(19)9-13(15(18)20)17-11-3-1-2-4-11/h5-8,11,13,17H,1-4,9H2/p+1/t13-/m1/s1. The second-order valence-electron chi connectivity index (χ2n) is 5.59. The van der Waals surface area contributed by atoms with Gasteiger partial charge in [-0.3, -0.25) is 9.59 Å². The highest BCUT2D eigenvalue weighted by atomic mass is 35.5. The van der Waals surface area contributed by atoms with Gasteiger partial charge in [0.2, 0.25) is 5.91 Å². The van der Waals surface area contributed by atoms with Crippen LogP contribution in [0.4, 0.5) is 5.69 Å². The third-order valence-corrected chi connectivity index (χ3v) is 4.42. The highest BCUT2D eigenvalue weighted by Crippen LogP contribution is 2.24. The smallest absolute Gasteiger partial charge is 0.292 e. The largest absolute Gasteiger partial charge is 0.333 e. The molecule has 5 heteroatoms. The van der Waals surface area contributed by atoms with E-state index in [0.29, 0.717) is 23.2 Å². The molecule has 2 fully saturated rings. The Bertz CT molecular complexity index is 523. The van der Waals surface area contributed by atoms with Crippen molar-refractivity contribution in [3.8, 4) is 0 Å². The Morgan fingerprint density at radius 1 is 1.10 bits per heavy atom. The molecule has 0 aromatic heterocycles. The Morgan fingerprint density at radius 2 is 1.75 bits per heavy atom. The van der Waals surface area contributed by atoms with Crippen LogP contribution in [0.2, 0.25) is 5.02 Å². The molecule has 1 atom stereocenters. The molecule has 2 N–H and O–H groups in total. The van der Waals surface area contributed by atoms with Gasteiger partial charge in [-0.05, 0) is 49.9 Å². The van der Waals surface area contributed by atoms with Crippen LogP contribution >= 0.6 is 11.6 Å². The third-order valence-electron chi connectivity index (χ3n) is 4.17. The number of hydrogen-bond acceptors (Lipinski definition) is 2. The number of imide groups is 1. The van der Waals surface area contributed by atoms with E-state index in [9.17, 15) is 9.59 Å². The first-order valence-corrected chi connectivity index (χ1v) is 7.50. The number of anilines is 1. The first-order valence-electron chi connectivity index (χ1n) is 7.12. The van der Waals surface area contributed by atoms with Crippen LogP contribution in [0.15, 0.2) is 24.3 Å². The molecule has 1 saturated heterocycles. The molecule has 2 amide bonds. The predicted octanol–water partition coefficient (Wildman–Crippen LogP) is 1.48. The van der Waals surface area contributed by atoms with E-state index in [0.717, 1.165) is 12.8 Å². The van der Waals surface area contributed by atoms with Gasteiger partial charge >= 0.3 is 0 Å². The number of benzene rings is 1. The van der Waals surface area contributed by atoms with Crippen LogP contribution in [-0.4, -0.2) is 23.9 Å². The fraction of sp³-hybridized carbons (Fsp3) is 0.467. The summed E-state index contributed by atoms with van der Waals surface area (Å²) in [5, 5.41) is 2.70. The summed E-state index contributed by atoms with van der Waals surface area (Å²) in [6.07, 6.45) is 5.07. The SMILES string of the molecule is O=C1C[C@@H]([NH2+]C2CCCC2)C(=O)N1c1ccc(Cl)cc1. The summed E-state index contributed by atoms with van der Waals surface area (Å²) in [5.74, 6) is -0.208. The van der Waals surface area contributed by atoms with Crippen LogP contribution < -0.4 is 10.2 Å². The molecular weight excluding hydrogens is 276 g/mol. The Balaban J connectivity index is 1.74. The van der Waals surface area contributed by atoms with Gasteiger partial charge in [-0.15, -0.1) is 0 Å². The van der Waals surface area contributed by atoms with Crippen molar-refractivity contribution in [3.05, 3.63) is 29.3 Å². The maximum absolute atomic E-state index is 12.4. The summed E-state index contributed by atoms with van der Waals surface area (Å²) >= 11 is 5.84. The van der Waals surface area contributed by atoms with Crippen molar-refractivity contribution in [2.45, 2.75) is 44.2 Å². The highest BCUT2D eigenvalue weighted by molar-refractivity contribution is 6.30. The number of nitrogens with two attached hydrogens (primary N) is 1. The van der Waals surface area contributed by atoms with Crippen molar-refractivity contribution < 1.29 is 14.9 Å². The van der Waals surface area contributed by atoms with Crippen molar-refractivity contribution in [2.24, 2.45) is 0 Å². The molecule has 106 valence electrons. The molecule has 3 rings (SSSR count). The van der Waals surface area contributed by atoms with Crippen molar-refractivity contribution >= 4 is 29.1 Å². The molecule has 1 heterocycles. The molecule has 0 spiro atoms. The zero-order valence-electron chi connectivity index (χ0n) is 11.2. The van der Waals surface area contributed by atoms with E-state index in [1.165, 1.54) is 17.7 Å². The van der Waals surface area contributed by atoms with Gasteiger partial charge in [0, 0.05) is 5.02 Å². The second kappa shape index (κ2) is 5.54. The van der Waals surface area contributed by atoms with Gasteiger partial charge in [-0.2, -0.15) is 0 Å². The maximum atomic E-state index is 12.4. The van der Waals surface area contributed by atoms with Crippen LogP contribution in [0.5, 0.6) is 0 Å². The van der Waals surface area contributed by atoms with Crippen LogP contribution in [0.25, 0.3) is 0 Å². The Hall–Kier alpha value is -1.39. The Kier molecular flexibility index (Phi) is 3.76. The lowest BCUT2D eigenvalue weighted by molar-refractivity contribution is -0.706. The third kappa shape index (κ3) is 2.58. The van der Waals surface area contributed by atoms with Crippen LogP contribution in [-0.2, 0) is 9.59 Å². The van der Waals surface area contributed by atoms with Gasteiger partial charge in [-0.25, -0.2) is 4.90 Å². The summed E-state index contributed by atoms with van der Waals surface area (Å²) < 4.78 is 0. The van der Waals surface area contributed by atoms with E-state index in [2.05, 4.69) is 5.32 Å². The lowest BCUT2D eigenvalue weighted by atomic mass is 10.2. The minimum atomic E-state index is -0.249. The minimum absolute atomic E-state index is 0.0933. The van der Waals surface area contributed by atoms with Gasteiger partial charge in [0.05, 0.1) is 18.2 Å². The summed E-state index contributed by atoms with van der Waals surface area (Å²) in [4.78, 5) is 25.8. The van der Waals surface area contributed by atoms with E-state index < -0.39 is 0 Å². The van der Waals surface area contributed by atoms with Gasteiger partial charge in [0.25, 0.3) is 5.91 Å².